The summed E-state index contributed by atoms with van der Waals surface area (Å²) in [7, 11) is 1.51. The number of aromatic amines is 1. The molecular formula is C25H32N2O4. The Kier molecular flexibility index (Phi) is 6.21. The number of hydrogen-bond donors (Lipinski definition) is 1. The third-order valence-corrected chi connectivity index (χ3v) is 5.86. The topological polar surface area (TPSA) is 65.5 Å². The zero-order valence-electron chi connectivity index (χ0n) is 18.9. The lowest BCUT2D eigenvalue weighted by molar-refractivity contribution is -0.282. The van der Waals surface area contributed by atoms with E-state index in [4.69, 9.17) is 14.5 Å². The lowest BCUT2D eigenvalue weighted by Gasteiger charge is -2.24. The van der Waals surface area contributed by atoms with Crippen LogP contribution in [0.4, 0.5) is 4.79 Å². The van der Waals surface area contributed by atoms with E-state index in [9.17, 15) is 4.79 Å². The second-order valence-corrected chi connectivity index (χ2v) is 9.30. The Morgan fingerprint density at radius 1 is 1.16 bits per heavy atom. The van der Waals surface area contributed by atoms with E-state index in [1.165, 1.54) is 50.2 Å². The molecule has 1 aromatic carbocycles. The summed E-state index contributed by atoms with van der Waals surface area (Å²) in [5.74, 6) is 0.473. The Bertz CT molecular complexity index is 1050. The van der Waals surface area contributed by atoms with Crippen LogP contribution in [0.15, 0.2) is 36.5 Å². The number of benzene rings is 1. The van der Waals surface area contributed by atoms with Crippen molar-refractivity contribution in [3.63, 3.8) is 0 Å². The fourth-order valence-electron chi connectivity index (χ4n) is 4.56. The highest BCUT2D eigenvalue weighted by atomic mass is 17.2. The molecule has 4 rings (SSSR count). The van der Waals surface area contributed by atoms with Gasteiger partial charge in [0.2, 0.25) is 0 Å². The van der Waals surface area contributed by atoms with Gasteiger partial charge in [-0.05, 0) is 68.9 Å². The fourth-order valence-corrected chi connectivity index (χ4v) is 4.56. The molecule has 166 valence electrons. The number of H-pyrrole nitrogens is 1. The van der Waals surface area contributed by atoms with Crippen molar-refractivity contribution in [3.05, 3.63) is 47.7 Å². The van der Waals surface area contributed by atoms with E-state index < -0.39 is 5.60 Å². The van der Waals surface area contributed by atoms with E-state index in [1.807, 2.05) is 32.9 Å². The Balaban J connectivity index is 1.81. The van der Waals surface area contributed by atoms with Crippen molar-refractivity contribution >= 4 is 17.0 Å². The predicted molar refractivity (Wildman–Crippen MR) is 121 cm³/mol. The van der Waals surface area contributed by atoms with Crippen LogP contribution in [-0.4, -0.2) is 28.4 Å². The molecule has 0 radical (unpaired) electrons. The second-order valence-electron chi connectivity index (χ2n) is 9.30. The van der Waals surface area contributed by atoms with Crippen molar-refractivity contribution < 1.29 is 19.3 Å². The summed E-state index contributed by atoms with van der Waals surface area (Å²) in [6.07, 6.45) is 7.52. The third kappa shape index (κ3) is 4.70. The maximum absolute atomic E-state index is 12.9. The summed E-state index contributed by atoms with van der Waals surface area (Å²) >= 11 is 0. The summed E-state index contributed by atoms with van der Waals surface area (Å²) in [6.45, 7) is 6.03. The molecule has 1 aliphatic rings. The first-order valence-electron chi connectivity index (χ1n) is 11.1. The third-order valence-electron chi connectivity index (χ3n) is 5.86. The zero-order valence-corrected chi connectivity index (χ0v) is 18.9. The van der Waals surface area contributed by atoms with Crippen molar-refractivity contribution in [2.45, 2.75) is 71.0 Å². The van der Waals surface area contributed by atoms with Gasteiger partial charge in [-0.2, -0.15) is 0 Å². The highest BCUT2D eigenvalue weighted by Gasteiger charge is 2.27. The number of carbonyl (C=O) groups is 1. The monoisotopic (exact) mass is 424 g/mol. The van der Waals surface area contributed by atoms with Gasteiger partial charge in [-0.3, -0.25) is 4.57 Å². The number of nitrogens with one attached hydrogen (secondary N) is 1. The van der Waals surface area contributed by atoms with Crippen molar-refractivity contribution in [2.24, 2.45) is 0 Å². The van der Waals surface area contributed by atoms with Crippen LogP contribution >= 0.6 is 0 Å². The van der Waals surface area contributed by atoms with Crippen LogP contribution in [0.3, 0.4) is 0 Å². The van der Waals surface area contributed by atoms with E-state index in [1.54, 1.807) is 10.8 Å². The molecule has 1 aliphatic carbocycles. The average Bonchev–Trinajstić information content (AvgIpc) is 3.35. The van der Waals surface area contributed by atoms with E-state index in [-0.39, 0.29) is 6.09 Å². The molecule has 0 atom stereocenters. The van der Waals surface area contributed by atoms with Crippen LogP contribution in [0.2, 0.25) is 0 Å². The summed E-state index contributed by atoms with van der Waals surface area (Å²) < 4.78 is 7.26. The molecule has 6 heteroatoms. The second kappa shape index (κ2) is 8.89. The number of fused-ring (bicyclic) bond motifs is 1. The fraction of sp³-hybridized carbons (Fsp3) is 0.480. The molecular weight excluding hydrogens is 392 g/mol. The van der Waals surface area contributed by atoms with E-state index >= 15 is 0 Å². The van der Waals surface area contributed by atoms with Crippen molar-refractivity contribution in [3.8, 4) is 11.4 Å². The first kappa shape index (κ1) is 21.7. The molecule has 1 saturated carbocycles. The Hall–Kier alpha value is -2.57. The van der Waals surface area contributed by atoms with E-state index in [0.717, 1.165) is 22.5 Å². The Labute approximate surface area is 183 Å². The number of carbonyl (C=O) groups excluding carboxylic acids is 1. The summed E-state index contributed by atoms with van der Waals surface area (Å²) in [4.78, 5) is 26.4. The van der Waals surface area contributed by atoms with Crippen molar-refractivity contribution in [1.29, 1.82) is 0 Å². The van der Waals surface area contributed by atoms with Crippen LogP contribution in [-0.2, 0) is 21.1 Å². The van der Waals surface area contributed by atoms with Crippen molar-refractivity contribution in [2.75, 3.05) is 7.11 Å². The molecule has 2 aromatic heterocycles. The Morgan fingerprint density at radius 3 is 2.65 bits per heavy atom. The van der Waals surface area contributed by atoms with Gasteiger partial charge < -0.3 is 9.72 Å². The molecule has 0 amide bonds. The SMILES string of the molecule is COOCc1ccc2c(C3CCCCC3)c(-c3cccn3C(=O)OC(C)(C)C)[nH]c2c1. The molecule has 0 bridgehead atoms. The van der Waals surface area contributed by atoms with Gasteiger partial charge in [0.05, 0.1) is 18.5 Å². The summed E-state index contributed by atoms with van der Waals surface area (Å²) in [6, 6.07) is 10.2. The number of aromatic nitrogens is 2. The van der Waals surface area contributed by atoms with Gasteiger partial charge >= 0.3 is 6.09 Å². The van der Waals surface area contributed by atoms with Crippen LogP contribution in [0.25, 0.3) is 22.3 Å². The quantitative estimate of drug-likeness (QED) is 0.373. The predicted octanol–water partition coefficient (Wildman–Crippen LogP) is 6.55. The lowest BCUT2D eigenvalue weighted by Crippen LogP contribution is -2.27. The van der Waals surface area contributed by atoms with Gasteiger partial charge in [0.25, 0.3) is 0 Å². The van der Waals surface area contributed by atoms with Gasteiger partial charge in [-0.15, -0.1) is 0 Å². The molecule has 1 N–H and O–H groups in total. The number of rotatable bonds is 5. The molecule has 2 heterocycles. The zero-order chi connectivity index (χ0) is 22.0. The molecule has 6 nitrogen and oxygen atoms in total. The van der Waals surface area contributed by atoms with Gasteiger partial charge in [-0.1, -0.05) is 31.4 Å². The standard InChI is InChI=1S/C25H32N2O4/c1-25(2,3)31-24(28)27-14-8-11-21(27)23-22(18-9-6-5-7-10-18)19-13-12-17(16-30-29-4)15-20(19)26-23/h8,11-15,18,26H,5-7,9-10,16H2,1-4H3. The summed E-state index contributed by atoms with van der Waals surface area (Å²) in [5, 5.41) is 1.21. The smallest absolute Gasteiger partial charge is 0.419 e. The molecule has 0 spiro atoms. The minimum atomic E-state index is -0.554. The van der Waals surface area contributed by atoms with Crippen molar-refractivity contribution in [1.82, 2.24) is 9.55 Å². The minimum absolute atomic E-state index is 0.366. The highest BCUT2D eigenvalue weighted by Crippen LogP contribution is 2.42. The van der Waals surface area contributed by atoms with Crippen LogP contribution in [0, 0.1) is 0 Å². The van der Waals surface area contributed by atoms with Gasteiger partial charge in [0.15, 0.2) is 0 Å². The number of hydrogen-bond acceptors (Lipinski definition) is 4. The van der Waals surface area contributed by atoms with Crippen LogP contribution in [0.5, 0.6) is 0 Å². The molecule has 31 heavy (non-hydrogen) atoms. The van der Waals surface area contributed by atoms with Gasteiger partial charge in [0, 0.05) is 17.1 Å². The molecule has 0 unspecified atom stereocenters. The number of ether oxygens (including phenoxy) is 1. The first-order valence-corrected chi connectivity index (χ1v) is 11.1. The molecule has 1 fully saturated rings. The lowest BCUT2D eigenvalue weighted by atomic mass is 9.82. The largest absolute Gasteiger partial charge is 0.443 e. The molecule has 0 aliphatic heterocycles. The van der Waals surface area contributed by atoms with Gasteiger partial charge in [-0.25, -0.2) is 14.6 Å². The maximum atomic E-state index is 12.9. The molecule has 0 saturated heterocycles. The number of nitrogens with zero attached hydrogens (tertiary/aromatic N) is 1. The van der Waals surface area contributed by atoms with Gasteiger partial charge in [0.1, 0.15) is 12.2 Å². The van der Waals surface area contributed by atoms with Crippen LogP contribution < -0.4 is 0 Å². The molecule has 3 aromatic rings. The minimum Gasteiger partial charge on any atom is -0.443 e. The van der Waals surface area contributed by atoms with E-state index in [0.29, 0.717) is 12.5 Å². The Morgan fingerprint density at radius 2 is 1.94 bits per heavy atom. The summed E-state index contributed by atoms with van der Waals surface area (Å²) in [5.41, 5.74) is 4.66. The maximum Gasteiger partial charge on any atom is 0.419 e. The van der Waals surface area contributed by atoms with Crippen LogP contribution in [0.1, 0.15) is 69.9 Å². The highest BCUT2D eigenvalue weighted by molar-refractivity contribution is 5.92. The average molecular weight is 425 g/mol. The first-order chi connectivity index (χ1) is 14.9. The normalized spacial score (nSPS) is 15.5. The van der Waals surface area contributed by atoms with E-state index in [2.05, 4.69) is 23.2 Å².